The number of amides is 1. The summed E-state index contributed by atoms with van der Waals surface area (Å²) >= 11 is 0. The number of ether oxygens (including phenoxy) is 1. The van der Waals surface area contributed by atoms with Crippen molar-refractivity contribution >= 4 is 5.91 Å². The first-order chi connectivity index (χ1) is 12.6. The second-order valence-corrected chi connectivity index (χ2v) is 6.69. The van der Waals surface area contributed by atoms with Gasteiger partial charge in [0.2, 0.25) is 5.91 Å². The zero-order valence-corrected chi connectivity index (χ0v) is 15.4. The standard InChI is InChI=1S/C20H26N4O2/c1-15-10-17(11-16(2)23-15)12-20(25)22-14-19(18-4-3-5-21-13-18)24-6-8-26-9-7-24/h3-5,10-11,13,19H,6-9,12,14H2,1-2H3,(H,22,25). The zero-order chi connectivity index (χ0) is 18.4. The second kappa shape index (κ2) is 8.87. The van der Waals surface area contributed by atoms with Gasteiger partial charge in [0.1, 0.15) is 0 Å². The van der Waals surface area contributed by atoms with E-state index in [-0.39, 0.29) is 11.9 Å². The van der Waals surface area contributed by atoms with Crippen molar-refractivity contribution in [2.45, 2.75) is 26.3 Å². The number of pyridine rings is 2. The van der Waals surface area contributed by atoms with E-state index in [1.54, 1.807) is 6.20 Å². The molecule has 0 aliphatic carbocycles. The molecule has 1 saturated heterocycles. The third-order valence-corrected chi connectivity index (χ3v) is 4.55. The predicted molar refractivity (Wildman–Crippen MR) is 99.8 cm³/mol. The first kappa shape index (κ1) is 18.5. The average Bonchev–Trinajstić information content (AvgIpc) is 2.63. The molecule has 2 aromatic heterocycles. The molecule has 6 nitrogen and oxygen atoms in total. The molecular weight excluding hydrogens is 328 g/mol. The molecule has 26 heavy (non-hydrogen) atoms. The molecule has 1 aliphatic heterocycles. The van der Waals surface area contributed by atoms with Gasteiger partial charge in [-0.1, -0.05) is 6.07 Å². The highest BCUT2D eigenvalue weighted by Gasteiger charge is 2.23. The molecule has 0 saturated carbocycles. The van der Waals surface area contributed by atoms with E-state index < -0.39 is 0 Å². The third kappa shape index (κ3) is 5.09. The lowest BCUT2D eigenvalue weighted by atomic mass is 10.1. The summed E-state index contributed by atoms with van der Waals surface area (Å²) in [4.78, 5) is 23.4. The number of rotatable bonds is 6. The van der Waals surface area contributed by atoms with Gasteiger partial charge in [0.05, 0.1) is 25.7 Å². The fourth-order valence-electron chi connectivity index (χ4n) is 3.40. The van der Waals surface area contributed by atoms with Gasteiger partial charge in [0, 0.05) is 43.4 Å². The lowest BCUT2D eigenvalue weighted by molar-refractivity contribution is -0.120. The van der Waals surface area contributed by atoms with Crippen molar-refractivity contribution in [3.8, 4) is 0 Å². The smallest absolute Gasteiger partial charge is 0.224 e. The van der Waals surface area contributed by atoms with Crippen LogP contribution in [-0.4, -0.2) is 53.6 Å². The van der Waals surface area contributed by atoms with Crippen LogP contribution in [0.1, 0.15) is 28.6 Å². The van der Waals surface area contributed by atoms with Crippen LogP contribution in [0.2, 0.25) is 0 Å². The van der Waals surface area contributed by atoms with Gasteiger partial charge in [0.15, 0.2) is 0 Å². The highest BCUT2D eigenvalue weighted by Crippen LogP contribution is 2.20. The monoisotopic (exact) mass is 354 g/mol. The van der Waals surface area contributed by atoms with Crippen LogP contribution < -0.4 is 5.32 Å². The molecule has 3 heterocycles. The predicted octanol–water partition coefficient (Wildman–Crippen LogP) is 1.83. The van der Waals surface area contributed by atoms with Crippen molar-refractivity contribution in [2.75, 3.05) is 32.8 Å². The molecule has 0 spiro atoms. The van der Waals surface area contributed by atoms with Gasteiger partial charge in [0.25, 0.3) is 0 Å². The van der Waals surface area contributed by atoms with Gasteiger partial charge in [-0.15, -0.1) is 0 Å². The minimum atomic E-state index is 0.0251. The molecule has 3 rings (SSSR count). The highest BCUT2D eigenvalue weighted by molar-refractivity contribution is 5.78. The number of nitrogens with one attached hydrogen (secondary N) is 1. The molecule has 0 aromatic carbocycles. The molecule has 6 heteroatoms. The fourth-order valence-corrected chi connectivity index (χ4v) is 3.40. The number of nitrogens with zero attached hydrogens (tertiary/aromatic N) is 3. The van der Waals surface area contributed by atoms with Gasteiger partial charge >= 0.3 is 0 Å². The summed E-state index contributed by atoms with van der Waals surface area (Å²) in [6, 6.07) is 8.04. The number of hydrogen-bond acceptors (Lipinski definition) is 5. The molecular formula is C20H26N4O2. The quantitative estimate of drug-likeness (QED) is 0.857. The van der Waals surface area contributed by atoms with Crippen LogP contribution in [0.15, 0.2) is 36.7 Å². The number of morpholine rings is 1. The van der Waals surface area contributed by atoms with E-state index in [1.807, 2.05) is 38.2 Å². The van der Waals surface area contributed by atoms with E-state index in [1.165, 1.54) is 0 Å². The van der Waals surface area contributed by atoms with E-state index in [0.717, 1.165) is 48.8 Å². The van der Waals surface area contributed by atoms with Crippen molar-refractivity contribution < 1.29 is 9.53 Å². The molecule has 0 bridgehead atoms. The summed E-state index contributed by atoms with van der Waals surface area (Å²) in [6.45, 7) is 7.63. The minimum Gasteiger partial charge on any atom is -0.379 e. The summed E-state index contributed by atoms with van der Waals surface area (Å²) in [5.74, 6) is 0.0251. The molecule has 2 aromatic rings. The minimum absolute atomic E-state index is 0.0251. The van der Waals surface area contributed by atoms with Crippen LogP contribution in [0.25, 0.3) is 0 Å². The lowest BCUT2D eigenvalue weighted by Gasteiger charge is -2.34. The van der Waals surface area contributed by atoms with Crippen molar-refractivity contribution in [1.82, 2.24) is 20.2 Å². The van der Waals surface area contributed by atoms with Gasteiger partial charge in [-0.25, -0.2) is 0 Å². The Bertz CT molecular complexity index is 710. The van der Waals surface area contributed by atoms with Crippen LogP contribution in [-0.2, 0) is 16.0 Å². The van der Waals surface area contributed by atoms with E-state index >= 15 is 0 Å². The SMILES string of the molecule is Cc1cc(CC(=O)NCC(c2cccnc2)N2CCOCC2)cc(C)n1. The average molecular weight is 354 g/mol. The first-order valence-corrected chi connectivity index (χ1v) is 9.04. The van der Waals surface area contributed by atoms with Crippen molar-refractivity contribution in [3.05, 3.63) is 59.2 Å². The van der Waals surface area contributed by atoms with Crippen LogP contribution in [0, 0.1) is 13.8 Å². The van der Waals surface area contributed by atoms with E-state index in [9.17, 15) is 4.79 Å². The van der Waals surface area contributed by atoms with E-state index in [4.69, 9.17) is 4.74 Å². The Hall–Kier alpha value is -2.31. The molecule has 0 radical (unpaired) electrons. The lowest BCUT2D eigenvalue weighted by Crippen LogP contribution is -2.44. The summed E-state index contributed by atoms with van der Waals surface area (Å²) in [7, 11) is 0. The zero-order valence-electron chi connectivity index (χ0n) is 15.4. The van der Waals surface area contributed by atoms with Crippen LogP contribution in [0.5, 0.6) is 0 Å². The highest BCUT2D eigenvalue weighted by atomic mass is 16.5. The van der Waals surface area contributed by atoms with Crippen molar-refractivity contribution in [2.24, 2.45) is 0 Å². The number of carbonyl (C=O) groups is 1. The van der Waals surface area contributed by atoms with Gasteiger partial charge < -0.3 is 10.1 Å². The maximum Gasteiger partial charge on any atom is 0.224 e. The Kier molecular flexibility index (Phi) is 6.30. The molecule has 1 unspecified atom stereocenters. The summed E-state index contributed by atoms with van der Waals surface area (Å²) in [5, 5.41) is 3.10. The molecule has 1 amide bonds. The summed E-state index contributed by atoms with van der Waals surface area (Å²) < 4.78 is 5.46. The molecule has 1 N–H and O–H groups in total. The number of aryl methyl sites for hydroxylation is 2. The normalized spacial score (nSPS) is 16.2. The first-order valence-electron chi connectivity index (χ1n) is 9.04. The van der Waals surface area contributed by atoms with E-state index in [0.29, 0.717) is 13.0 Å². The van der Waals surface area contributed by atoms with Gasteiger partial charge in [-0.2, -0.15) is 0 Å². The number of carbonyl (C=O) groups excluding carboxylic acids is 1. The largest absolute Gasteiger partial charge is 0.379 e. The molecule has 138 valence electrons. The second-order valence-electron chi connectivity index (χ2n) is 6.69. The number of hydrogen-bond donors (Lipinski definition) is 1. The Morgan fingerprint density at radius 1 is 1.27 bits per heavy atom. The molecule has 1 atom stereocenters. The third-order valence-electron chi connectivity index (χ3n) is 4.55. The Labute approximate surface area is 154 Å². The van der Waals surface area contributed by atoms with Crippen molar-refractivity contribution in [3.63, 3.8) is 0 Å². The van der Waals surface area contributed by atoms with Gasteiger partial charge in [-0.05, 0) is 43.2 Å². The Morgan fingerprint density at radius 3 is 2.65 bits per heavy atom. The van der Waals surface area contributed by atoms with Crippen LogP contribution >= 0.6 is 0 Å². The number of aromatic nitrogens is 2. The maximum atomic E-state index is 12.5. The van der Waals surface area contributed by atoms with Crippen LogP contribution in [0.3, 0.4) is 0 Å². The molecule has 1 fully saturated rings. The van der Waals surface area contributed by atoms with E-state index in [2.05, 4.69) is 26.3 Å². The Balaban J connectivity index is 1.64. The Morgan fingerprint density at radius 2 is 2.00 bits per heavy atom. The van der Waals surface area contributed by atoms with Gasteiger partial charge in [-0.3, -0.25) is 19.7 Å². The maximum absolute atomic E-state index is 12.5. The topological polar surface area (TPSA) is 67.4 Å². The van der Waals surface area contributed by atoms with Crippen molar-refractivity contribution in [1.29, 1.82) is 0 Å². The summed E-state index contributed by atoms with van der Waals surface area (Å²) in [6.07, 6.45) is 4.02. The fraction of sp³-hybridized carbons (Fsp3) is 0.450. The molecule has 1 aliphatic rings. The van der Waals surface area contributed by atoms with Crippen LogP contribution in [0.4, 0.5) is 0 Å². The summed E-state index contributed by atoms with van der Waals surface area (Å²) in [5.41, 5.74) is 3.99.